The van der Waals surface area contributed by atoms with Crippen LogP contribution in [-0.4, -0.2) is 0 Å². The Balaban J connectivity index is 1.23. The molecule has 0 aromatic heterocycles. The van der Waals surface area contributed by atoms with Crippen LogP contribution in [0, 0.1) is 0 Å². The number of benzene rings is 9. The summed E-state index contributed by atoms with van der Waals surface area (Å²) in [4.78, 5) is 0. The summed E-state index contributed by atoms with van der Waals surface area (Å²) >= 11 is 0. The van der Waals surface area contributed by atoms with E-state index in [9.17, 15) is 0 Å². The number of fused-ring (bicyclic) bond motifs is 12. The average molecular weight is 531 g/mol. The summed E-state index contributed by atoms with van der Waals surface area (Å²) in [6.07, 6.45) is 0. The molecule has 0 saturated heterocycles. The minimum Gasteiger partial charge on any atom is -0.0616 e. The lowest BCUT2D eigenvalue weighted by Gasteiger charge is -2.13. The van der Waals surface area contributed by atoms with Gasteiger partial charge >= 0.3 is 0 Å². The molecular weight excluding hydrogens is 504 g/mol. The SMILES string of the molecule is c1cc(-c2ccc3c4ccccc4c4ccccc4c3c2)cc(-c2ccc3c4ccccc4c4ccccc4c3c2)c1. The van der Waals surface area contributed by atoms with E-state index in [4.69, 9.17) is 0 Å². The largest absolute Gasteiger partial charge is 0.0616 e. The molecule has 0 bridgehead atoms. The first-order valence-corrected chi connectivity index (χ1v) is 14.6. The number of hydrogen-bond acceptors (Lipinski definition) is 0. The first kappa shape index (κ1) is 23.3. The Morgan fingerprint density at radius 1 is 0.167 bits per heavy atom. The third kappa shape index (κ3) is 3.42. The Bertz CT molecular complexity index is 2270. The molecule has 0 unspecified atom stereocenters. The predicted octanol–water partition coefficient (Wildman–Crippen LogP) is 11.9. The van der Waals surface area contributed by atoms with Crippen LogP contribution in [0.5, 0.6) is 0 Å². The topological polar surface area (TPSA) is 0 Å². The Kier molecular flexibility index (Phi) is 5.00. The van der Waals surface area contributed by atoms with E-state index < -0.39 is 0 Å². The van der Waals surface area contributed by atoms with Gasteiger partial charge in [-0.15, -0.1) is 0 Å². The zero-order chi connectivity index (χ0) is 27.6. The van der Waals surface area contributed by atoms with E-state index in [1.54, 1.807) is 0 Å². The summed E-state index contributed by atoms with van der Waals surface area (Å²) in [6, 6.07) is 58.1. The van der Waals surface area contributed by atoms with Gasteiger partial charge in [0.2, 0.25) is 0 Å². The summed E-state index contributed by atoms with van der Waals surface area (Å²) in [5.74, 6) is 0. The molecule has 9 aromatic rings. The van der Waals surface area contributed by atoms with Crippen LogP contribution >= 0.6 is 0 Å². The fourth-order valence-electron chi connectivity index (χ4n) is 7.05. The Hall–Kier alpha value is -5.46. The molecule has 0 aliphatic rings. The fraction of sp³-hybridized carbons (Fsp3) is 0. The van der Waals surface area contributed by atoms with E-state index in [1.807, 2.05) is 0 Å². The smallest absolute Gasteiger partial charge is 0.00928 e. The molecule has 0 amide bonds. The molecular formula is C42H26. The summed E-state index contributed by atoms with van der Waals surface area (Å²) in [7, 11) is 0. The summed E-state index contributed by atoms with van der Waals surface area (Å²) in [5.41, 5.74) is 4.94. The molecule has 0 atom stereocenters. The van der Waals surface area contributed by atoms with Gasteiger partial charge in [-0.1, -0.05) is 140 Å². The molecule has 0 aliphatic carbocycles. The van der Waals surface area contributed by atoms with Crippen LogP contribution in [-0.2, 0) is 0 Å². The number of rotatable bonds is 2. The lowest BCUT2D eigenvalue weighted by Crippen LogP contribution is -1.87. The van der Waals surface area contributed by atoms with Crippen LogP contribution in [0.15, 0.2) is 158 Å². The molecule has 0 saturated carbocycles. The van der Waals surface area contributed by atoms with Gasteiger partial charge in [-0.25, -0.2) is 0 Å². The van der Waals surface area contributed by atoms with Gasteiger partial charge in [-0.05, 0) is 105 Å². The second kappa shape index (κ2) is 9.03. The molecule has 0 fully saturated rings. The standard InChI is InChI=1S/C42H26/c1-3-16-35-31(12-1)33-14-5-7-18-37(33)41-25-29(20-22-39(35)41)27-10-9-11-28(24-27)30-21-23-40-36-17-4-2-13-32(36)34-15-6-8-19-38(34)42(40)26-30/h1-26H. The van der Waals surface area contributed by atoms with Crippen molar-refractivity contribution >= 4 is 64.6 Å². The molecule has 0 N–H and O–H groups in total. The molecule has 0 radical (unpaired) electrons. The minimum atomic E-state index is 1.23. The van der Waals surface area contributed by atoms with Crippen molar-refractivity contribution in [2.24, 2.45) is 0 Å². The second-order valence-electron chi connectivity index (χ2n) is 11.3. The van der Waals surface area contributed by atoms with E-state index in [0.29, 0.717) is 0 Å². The van der Waals surface area contributed by atoms with Gasteiger partial charge in [0.1, 0.15) is 0 Å². The first-order valence-electron chi connectivity index (χ1n) is 14.6. The van der Waals surface area contributed by atoms with Crippen molar-refractivity contribution in [3.63, 3.8) is 0 Å². The normalized spacial score (nSPS) is 11.8. The van der Waals surface area contributed by atoms with Crippen molar-refractivity contribution < 1.29 is 0 Å². The molecule has 0 spiro atoms. The minimum absolute atomic E-state index is 1.23. The molecule has 42 heavy (non-hydrogen) atoms. The van der Waals surface area contributed by atoms with Gasteiger partial charge in [0.25, 0.3) is 0 Å². The van der Waals surface area contributed by atoms with Gasteiger partial charge in [-0.3, -0.25) is 0 Å². The van der Waals surface area contributed by atoms with E-state index in [1.165, 1.54) is 86.9 Å². The van der Waals surface area contributed by atoms with E-state index in [2.05, 4.69) is 158 Å². The highest BCUT2D eigenvalue weighted by molar-refractivity contribution is 6.27. The van der Waals surface area contributed by atoms with Crippen molar-refractivity contribution in [1.29, 1.82) is 0 Å². The molecule has 0 aliphatic heterocycles. The van der Waals surface area contributed by atoms with Crippen LogP contribution in [0.3, 0.4) is 0 Å². The van der Waals surface area contributed by atoms with E-state index in [0.717, 1.165) is 0 Å². The first-order chi connectivity index (χ1) is 20.8. The highest BCUT2D eigenvalue weighted by atomic mass is 14.2. The van der Waals surface area contributed by atoms with Gasteiger partial charge in [-0.2, -0.15) is 0 Å². The summed E-state index contributed by atoms with van der Waals surface area (Å²) in [6.45, 7) is 0. The van der Waals surface area contributed by atoms with Gasteiger partial charge in [0, 0.05) is 0 Å². The Labute approximate surface area is 244 Å². The third-order valence-electron chi connectivity index (χ3n) is 9.02. The Morgan fingerprint density at radius 2 is 0.429 bits per heavy atom. The van der Waals surface area contributed by atoms with Gasteiger partial charge in [0.05, 0.1) is 0 Å². The number of hydrogen-bond donors (Lipinski definition) is 0. The average Bonchev–Trinajstić information content (AvgIpc) is 3.08. The molecule has 0 nitrogen and oxygen atoms in total. The maximum atomic E-state index is 2.38. The van der Waals surface area contributed by atoms with Crippen molar-refractivity contribution in [3.8, 4) is 22.3 Å². The van der Waals surface area contributed by atoms with Crippen LogP contribution in [0.25, 0.3) is 86.9 Å². The molecule has 9 aromatic carbocycles. The monoisotopic (exact) mass is 530 g/mol. The van der Waals surface area contributed by atoms with Crippen molar-refractivity contribution in [2.45, 2.75) is 0 Å². The van der Waals surface area contributed by atoms with E-state index >= 15 is 0 Å². The van der Waals surface area contributed by atoms with Gasteiger partial charge in [0.15, 0.2) is 0 Å². The third-order valence-corrected chi connectivity index (χ3v) is 9.02. The van der Waals surface area contributed by atoms with Crippen molar-refractivity contribution in [1.82, 2.24) is 0 Å². The summed E-state index contributed by atoms with van der Waals surface area (Å²) in [5, 5.41) is 15.7. The van der Waals surface area contributed by atoms with Crippen LogP contribution < -0.4 is 0 Å². The molecule has 0 heteroatoms. The maximum absolute atomic E-state index is 2.38. The molecule has 194 valence electrons. The van der Waals surface area contributed by atoms with Crippen molar-refractivity contribution in [3.05, 3.63) is 158 Å². The van der Waals surface area contributed by atoms with Crippen LogP contribution in [0.1, 0.15) is 0 Å². The lowest BCUT2D eigenvalue weighted by molar-refractivity contribution is 1.62. The van der Waals surface area contributed by atoms with Crippen molar-refractivity contribution in [2.75, 3.05) is 0 Å². The highest BCUT2D eigenvalue weighted by Gasteiger charge is 2.12. The molecule has 9 rings (SSSR count). The van der Waals surface area contributed by atoms with Crippen LogP contribution in [0.4, 0.5) is 0 Å². The highest BCUT2D eigenvalue weighted by Crippen LogP contribution is 2.39. The van der Waals surface area contributed by atoms with Crippen LogP contribution in [0.2, 0.25) is 0 Å². The zero-order valence-corrected chi connectivity index (χ0v) is 23.0. The Morgan fingerprint density at radius 3 is 0.762 bits per heavy atom. The van der Waals surface area contributed by atoms with E-state index in [-0.39, 0.29) is 0 Å². The zero-order valence-electron chi connectivity index (χ0n) is 23.0. The predicted molar refractivity (Wildman–Crippen MR) is 182 cm³/mol. The quantitative estimate of drug-likeness (QED) is 0.195. The second-order valence-corrected chi connectivity index (χ2v) is 11.3. The lowest BCUT2D eigenvalue weighted by atomic mass is 9.90. The fourth-order valence-corrected chi connectivity index (χ4v) is 7.05. The molecule has 0 heterocycles. The maximum Gasteiger partial charge on any atom is -0.00928 e. The summed E-state index contributed by atoms with van der Waals surface area (Å²) < 4.78 is 0. The van der Waals surface area contributed by atoms with Gasteiger partial charge < -0.3 is 0 Å².